The number of hydrogen-bond acceptors (Lipinski definition) is 6. The SMILES string of the molecule is COC(=O)C1=C[C@H]2OC(C)(C)O[C@H]2CN1C(=O)OCc1ccccc1. The van der Waals surface area contributed by atoms with Crippen molar-refractivity contribution in [3.8, 4) is 0 Å². The number of ether oxygens (including phenoxy) is 4. The maximum Gasteiger partial charge on any atom is 0.414 e. The molecule has 2 aliphatic rings. The van der Waals surface area contributed by atoms with Gasteiger partial charge in [-0.15, -0.1) is 0 Å². The molecule has 2 heterocycles. The van der Waals surface area contributed by atoms with Gasteiger partial charge in [0.15, 0.2) is 5.79 Å². The highest BCUT2D eigenvalue weighted by atomic mass is 16.8. The third-order valence-corrected chi connectivity index (χ3v) is 4.02. The molecule has 0 bridgehead atoms. The molecule has 0 aliphatic carbocycles. The number of hydrogen-bond donors (Lipinski definition) is 0. The lowest BCUT2D eigenvalue weighted by Gasteiger charge is -2.31. The van der Waals surface area contributed by atoms with Gasteiger partial charge in [0.1, 0.15) is 24.5 Å². The summed E-state index contributed by atoms with van der Waals surface area (Å²) in [5.74, 6) is -1.40. The summed E-state index contributed by atoms with van der Waals surface area (Å²) in [6.45, 7) is 3.84. The minimum atomic E-state index is -0.781. The van der Waals surface area contributed by atoms with Crippen LogP contribution in [0.4, 0.5) is 4.79 Å². The fourth-order valence-corrected chi connectivity index (χ4v) is 2.92. The fraction of sp³-hybridized carbons (Fsp3) is 0.444. The molecule has 25 heavy (non-hydrogen) atoms. The number of benzene rings is 1. The third-order valence-electron chi connectivity index (χ3n) is 4.02. The lowest BCUT2D eigenvalue weighted by molar-refractivity contribution is -0.143. The van der Waals surface area contributed by atoms with Crippen molar-refractivity contribution in [3.63, 3.8) is 0 Å². The van der Waals surface area contributed by atoms with Crippen molar-refractivity contribution in [2.45, 2.75) is 38.4 Å². The summed E-state index contributed by atoms with van der Waals surface area (Å²) in [6, 6.07) is 9.31. The molecule has 1 aromatic carbocycles. The average Bonchev–Trinajstić information content (AvgIpc) is 2.91. The standard InChI is InChI=1S/C18H21NO6/c1-18(2)24-14-9-13(16(20)22-3)19(10-15(14)25-18)17(21)23-11-12-7-5-4-6-8-12/h4-9,14-15H,10-11H2,1-3H3/t14-,15+/m1/s1. The molecule has 1 aromatic rings. The first-order valence-corrected chi connectivity index (χ1v) is 8.03. The number of rotatable bonds is 3. The molecule has 2 atom stereocenters. The average molecular weight is 347 g/mol. The Balaban J connectivity index is 1.75. The van der Waals surface area contributed by atoms with Crippen molar-refractivity contribution in [2.24, 2.45) is 0 Å². The molecule has 3 rings (SSSR count). The van der Waals surface area contributed by atoms with Crippen LogP contribution in [0.15, 0.2) is 42.1 Å². The zero-order valence-electron chi connectivity index (χ0n) is 14.4. The Labute approximate surface area is 146 Å². The second-order valence-corrected chi connectivity index (χ2v) is 6.33. The van der Waals surface area contributed by atoms with E-state index in [1.807, 2.05) is 30.3 Å². The van der Waals surface area contributed by atoms with Crippen LogP contribution in [0.25, 0.3) is 0 Å². The second-order valence-electron chi connectivity index (χ2n) is 6.33. The summed E-state index contributed by atoms with van der Waals surface area (Å²) < 4.78 is 21.7. The van der Waals surface area contributed by atoms with Crippen molar-refractivity contribution in [1.29, 1.82) is 0 Å². The Hall–Kier alpha value is -2.38. The topological polar surface area (TPSA) is 74.3 Å². The number of carbonyl (C=O) groups is 2. The van der Waals surface area contributed by atoms with Gasteiger partial charge in [-0.2, -0.15) is 0 Å². The number of amides is 1. The number of nitrogens with zero attached hydrogens (tertiary/aromatic N) is 1. The largest absolute Gasteiger partial charge is 0.464 e. The predicted octanol–water partition coefficient (Wildman–Crippen LogP) is 2.22. The van der Waals surface area contributed by atoms with Gasteiger partial charge in [-0.3, -0.25) is 4.90 Å². The molecule has 1 amide bonds. The van der Waals surface area contributed by atoms with E-state index in [2.05, 4.69) is 0 Å². The van der Waals surface area contributed by atoms with Crippen LogP contribution in [-0.2, 0) is 30.3 Å². The van der Waals surface area contributed by atoms with Crippen LogP contribution in [0.2, 0.25) is 0 Å². The molecule has 7 heteroatoms. The van der Waals surface area contributed by atoms with Crippen LogP contribution in [0.3, 0.4) is 0 Å². The third kappa shape index (κ3) is 3.83. The number of methoxy groups -OCH3 is 1. The first-order chi connectivity index (χ1) is 11.9. The van der Waals surface area contributed by atoms with E-state index >= 15 is 0 Å². The summed E-state index contributed by atoms with van der Waals surface area (Å²) >= 11 is 0. The quantitative estimate of drug-likeness (QED) is 0.781. The lowest BCUT2D eigenvalue weighted by Crippen LogP contribution is -2.46. The van der Waals surface area contributed by atoms with Crippen LogP contribution in [0.1, 0.15) is 19.4 Å². The van der Waals surface area contributed by atoms with E-state index in [9.17, 15) is 9.59 Å². The minimum absolute atomic E-state index is 0.100. The van der Waals surface area contributed by atoms with E-state index < -0.39 is 24.0 Å². The molecule has 1 fully saturated rings. The van der Waals surface area contributed by atoms with Crippen LogP contribution in [0.5, 0.6) is 0 Å². The Bertz CT molecular complexity index is 684. The summed E-state index contributed by atoms with van der Waals surface area (Å²) in [4.78, 5) is 25.8. The number of fused-ring (bicyclic) bond motifs is 1. The van der Waals surface area contributed by atoms with E-state index in [0.717, 1.165) is 5.56 Å². The van der Waals surface area contributed by atoms with Crippen LogP contribution < -0.4 is 0 Å². The van der Waals surface area contributed by atoms with Crippen LogP contribution >= 0.6 is 0 Å². The van der Waals surface area contributed by atoms with Gasteiger partial charge in [-0.1, -0.05) is 30.3 Å². The van der Waals surface area contributed by atoms with Crippen molar-refractivity contribution in [2.75, 3.05) is 13.7 Å². The number of esters is 1. The predicted molar refractivity (Wildman–Crippen MR) is 87.3 cm³/mol. The normalized spacial score (nSPS) is 24.3. The Kier molecular flexibility index (Phi) is 4.78. The highest BCUT2D eigenvalue weighted by Crippen LogP contribution is 2.34. The zero-order valence-corrected chi connectivity index (χ0v) is 14.4. The summed E-state index contributed by atoms with van der Waals surface area (Å²) in [7, 11) is 1.26. The lowest BCUT2D eigenvalue weighted by atomic mass is 10.1. The monoisotopic (exact) mass is 347 g/mol. The van der Waals surface area contributed by atoms with Gasteiger partial charge in [0.05, 0.1) is 13.7 Å². The van der Waals surface area contributed by atoms with E-state index in [-0.39, 0.29) is 25.0 Å². The molecule has 7 nitrogen and oxygen atoms in total. The summed E-state index contributed by atoms with van der Waals surface area (Å²) in [5.41, 5.74) is 0.957. The smallest absolute Gasteiger partial charge is 0.414 e. The molecule has 1 saturated heterocycles. The Morgan fingerprint density at radius 3 is 2.64 bits per heavy atom. The van der Waals surface area contributed by atoms with Crippen LogP contribution in [-0.4, -0.2) is 48.6 Å². The van der Waals surface area contributed by atoms with E-state index in [4.69, 9.17) is 18.9 Å². The molecule has 0 N–H and O–H groups in total. The molecule has 0 unspecified atom stereocenters. The van der Waals surface area contributed by atoms with Crippen molar-refractivity contribution in [3.05, 3.63) is 47.7 Å². The molecule has 0 aromatic heterocycles. The second kappa shape index (κ2) is 6.85. The highest BCUT2D eigenvalue weighted by molar-refractivity contribution is 5.92. The van der Waals surface area contributed by atoms with Gasteiger partial charge in [-0.25, -0.2) is 9.59 Å². The molecule has 0 radical (unpaired) electrons. The molecule has 0 spiro atoms. The molecule has 0 saturated carbocycles. The van der Waals surface area contributed by atoms with Gasteiger partial charge in [0, 0.05) is 0 Å². The minimum Gasteiger partial charge on any atom is -0.464 e. The zero-order chi connectivity index (χ0) is 18.0. The van der Waals surface area contributed by atoms with Gasteiger partial charge >= 0.3 is 12.1 Å². The van der Waals surface area contributed by atoms with E-state index in [0.29, 0.717) is 0 Å². The summed E-state index contributed by atoms with van der Waals surface area (Å²) in [6.07, 6.45) is 0.139. The van der Waals surface area contributed by atoms with Gasteiger partial charge in [0.25, 0.3) is 0 Å². The molecular weight excluding hydrogens is 326 g/mol. The summed E-state index contributed by atoms with van der Waals surface area (Å²) in [5, 5.41) is 0. The maximum atomic E-state index is 12.5. The first-order valence-electron chi connectivity index (χ1n) is 8.03. The van der Waals surface area contributed by atoms with Gasteiger partial charge in [-0.05, 0) is 25.5 Å². The molecule has 2 aliphatic heterocycles. The van der Waals surface area contributed by atoms with E-state index in [1.165, 1.54) is 12.0 Å². The maximum absolute atomic E-state index is 12.5. The Morgan fingerprint density at radius 1 is 1.24 bits per heavy atom. The highest BCUT2D eigenvalue weighted by Gasteiger charge is 2.46. The Morgan fingerprint density at radius 2 is 1.96 bits per heavy atom. The van der Waals surface area contributed by atoms with Gasteiger partial charge in [0.2, 0.25) is 0 Å². The molecule has 134 valence electrons. The van der Waals surface area contributed by atoms with Gasteiger partial charge < -0.3 is 18.9 Å². The number of carbonyl (C=O) groups excluding carboxylic acids is 2. The first kappa shape index (κ1) is 17.4. The van der Waals surface area contributed by atoms with Crippen LogP contribution in [0, 0.1) is 0 Å². The van der Waals surface area contributed by atoms with Crippen molar-refractivity contribution < 1.29 is 28.5 Å². The van der Waals surface area contributed by atoms with Crippen molar-refractivity contribution >= 4 is 12.1 Å². The molecular formula is C18H21NO6. The van der Waals surface area contributed by atoms with Crippen molar-refractivity contribution in [1.82, 2.24) is 4.90 Å². The van der Waals surface area contributed by atoms with E-state index in [1.54, 1.807) is 19.9 Å². The fourth-order valence-electron chi connectivity index (χ4n) is 2.92.